The van der Waals surface area contributed by atoms with Crippen molar-refractivity contribution in [1.29, 1.82) is 0 Å². The number of aromatic nitrogens is 2. The smallest absolute Gasteiger partial charge is 0.313 e. The van der Waals surface area contributed by atoms with Gasteiger partial charge in [0.2, 0.25) is 0 Å². The molecule has 132 valence electrons. The van der Waals surface area contributed by atoms with E-state index in [2.05, 4.69) is 16.8 Å². The van der Waals surface area contributed by atoms with Crippen molar-refractivity contribution in [1.82, 2.24) is 10.2 Å². The van der Waals surface area contributed by atoms with Gasteiger partial charge in [-0.05, 0) is 24.6 Å². The Morgan fingerprint density at radius 1 is 1.44 bits per heavy atom. The number of hydrogen-bond donors (Lipinski definition) is 3. The van der Waals surface area contributed by atoms with Crippen LogP contribution in [0.1, 0.15) is 29.7 Å². The largest absolute Gasteiger partial charge is 0.461 e. The third-order valence-corrected chi connectivity index (χ3v) is 4.57. The summed E-state index contributed by atoms with van der Waals surface area (Å²) in [4.78, 5) is 24.9. The van der Waals surface area contributed by atoms with Gasteiger partial charge in [0.1, 0.15) is 12.4 Å². The molecule has 0 spiro atoms. The molecule has 7 heteroatoms. The third kappa shape index (κ3) is 3.02. The SMILES string of the molecule is C=CCOC(=O)[C@H]1[C@H](c2ccc(F)cc2)c2c([nH][nH]c2=O)C[C@]1(C)O. The minimum Gasteiger partial charge on any atom is -0.461 e. The van der Waals surface area contributed by atoms with E-state index in [4.69, 9.17) is 4.74 Å². The molecule has 0 saturated heterocycles. The third-order valence-electron chi connectivity index (χ3n) is 4.57. The first-order valence-corrected chi connectivity index (χ1v) is 7.90. The molecular formula is C18H19FN2O4. The second kappa shape index (κ2) is 6.33. The first-order chi connectivity index (χ1) is 11.8. The fourth-order valence-corrected chi connectivity index (χ4v) is 3.52. The van der Waals surface area contributed by atoms with E-state index in [0.717, 1.165) is 0 Å². The van der Waals surface area contributed by atoms with E-state index >= 15 is 0 Å². The number of ether oxygens (including phenoxy) is 1. The fourth-order valence-electron chi connectivity index (χ4n) is 3.52. The van der Waals surface area contributed by atoms with Gasteiger partial charge in [0.05, 0.1) is 11.5 Å². The highest BCUT2D eigenvalue weighted by atomic mass is 19.1. The van der Waals surface area contributed by atoms with Crippen molar-refractivity contribution in [3.05, 3.63) is 69.9 Å². The molecular weight excluding hydrogens is 327 g/mol. The van der Waals surface area contributed by atoms with E-state index in [1.165, 1.54) is 37.3 Å². The molecule has 1 aromatic heterocycles. The number of carbonyl (C=O) groups excluding carboxylic acids is 1. The molecule has 3 atom stereocenters. The highest BCUT2D eigenvalue weighted by Crippen LogP contribution is 2.44. The predicted molar refractivity (Wildman–Crippen MR) is 88.6 cm³/mol. The lowest BCUT2D eigenvalue weighted by Crippen LogP contribution is -2.50. The molecule has 0 fully saturated rings. The summed E-state index contributed by atoms with van der Waals surface area (Å²) in [6, 6.07) is 5.52. The lowest BCUT2D eigenvalue weighted by atomic mass is 9.66. The molecule has 1 aliphatic carbocycles. The number of H-pyrrole nitrogens is 2. The minimum atomic E-state index is -1.45. The Morgan fingerprint density at radius 3 is 2.76 bits per heavy atom. The average molecular weight is 346 g/mol. The summed E-state index contributed by atoms with van der Waals surface area (Å²) in [5.41, 5.74) is -0.388. The first-order valence-electron chi connectivity index (χ1n) is 7.90. The normalized spacial score (nSPS) is 25.2. The van der Waals surface area contributed by atoms with Crippen LogP contribution in [-0.4, -0.2) is 33.5 Å². The van der Waals surface area contributed by atoms with Crippen LogP contribution in [0.2, 0.25) is 0 Å². The maximum atomic E-state index is 13.3. The molecule has 1 aromatic carbocycles. The van der Waals surface area contributed by atoms with Gasteiger partial charge in [-0.3, -0.25) is 14.7 Å². The fraction of sp³-hybridized carbons (Fsp3) is 0.333. The summed E-state index contributed by atoms with van der Waals surface area (Å²) in [7, 11) is 0. The van der Waals surface area contributed by atoms with Crippen molar-refractivity contribution < 1.29 is 19.0 Å². The zero-order valence-electron chi connectivity index (χ0n) is 13.7. The lowest BCUT2D eigenvalue weighted by Gasteiger charge is -2.40. The number of hydrogen-bond acceptors (Lipinski definition) is 4. The number of nitrogens with one attached hydrogen (secondary N) is 2. The van der Waals surface area contributed by atoms with E-state index in [1.807, 2.05) is 0 Å². The molecule has 0 amide bonds. The molecule has 0 bridgehead atoms. The number of carbonyl (C=O) groups is 1. The van der Waals surface area contributed by atoms with Crippen molar-refractivity contribution in [3.8, 4) is 0 Å². The van der Waals surface area contributed by atoms with Crippen LogP contribution in [0.5, 0.6) is 0 Å². The van der Waals surface area contributed by atoms with Crippen LogP contribution >= 0.6 is 0 Å². The van der Waals surface area contributed by atoms with E-state index < -0.39 is 29.2 Å². The second-order valence-electron chi connectivity index (χ2n) is 6.43. The average Bonchev–Trinajstić information content (AvgIpc) is 2.91. The van der Waals surface area contributed by atoms with Gasteiger partial charge in [0, 0.05) is 23.6 Å². The number of rotatable bonds is 4. The Kier molecular flexibility index (Phi) is 4.34. The Labute approximate surface area is 143 Å². The van der Waals surface area contributed by atoms with Crippen molar-refractivity contribution in [3.63, 3.8) is 0 Å². The number of fused-ring (bicyclic) bond motifs is 1. The summed E-state index contributed by atoms with van der Waals surface area (Å²) in [6.45, 7) is 5.02. The molecule has 0 aliphatic heterocycles. The highest BCUT2D eigenvalue weighted by Gasteiger charge is 2.51. The van der Waals surface area contributed by atoms with Crippen LogP contribution < -0.4 is 5.56 Å². The Balaban J connectivity index is 2.16. The van der Waals surface area contributed by atoms with E-state index in [9.17, 15) is 19.1 Å². The monoisotopic (exact) mass is 346 g/mol. The number of aliphatic hydroxyl groups is 1. The van der Waals surface area contributed by atoms with Gasteiger partial charge in [-0.25, -0.2) is 4.39 Å². The molecule has 6 nitrogen and oxygen atoms in total. The number of halogens is 1. The maximum Gasteiger partial charge on any atom is 0.313 e. The van der Waals surface area contributed by atoms with Crippen molar-refractivity contribution in [2.24, 2.45) is 5.92 Å². The summed E-state index contributed by atoms with van der Waals surface area (Å²) in [6.07, 6.45) is 1.52. The van der Waals surface area contributed by atoms with Crippen LogP contribution in [0.4, 0.5) is 4.39 Å². The molecule has 2 aromatic rings. The zero-order valence-corrected chi connectivity index (χ0v) is 13.7. The van der Waals surface area contributed by atoms with Crippen molar-refractivity contribution >= 4 is 5.97 Å². The van der Waals surface area contributed by atoms with Crippen LogP contribution in [0, 0.1) is 11.7 Å². The van der Waals surface area contributed by atoms with Crippen LogP contribution in [0.15, 0.2) is 41.7 Å². The molecule has 1 heterocycles. The first kappa shape index (κ1) is 17.2. The van der Waals surface area contributed by atoms with Gasteiger partial charge in [0.15, 0.2) is 0 Å². The summed E-state index contributed by atoms with van der Waals surface area (Å²) in [5, 5.41) is 16.2. The van der Waals surface area contributed by atoms with Gasteiger partial charge < -0.3 is 14.9 Å². The quantitative estimate of drug-likeness (QED) is 0.579. The molecule has 1 aliphatic rings. The Hall–Kier alpha value is -2.67. The van der Waals surface area contributed by atoms with Crippen LogP contribution in [0.25, 0.3) is 0 Å². The highest BCUT2D eigenvalue weighted by molar-refractivity contribution is 5.77. The predicted octanol–water partition coefficient (Wildman–Crippen LogP) is 1.63. The van der Waals surface area contributed by atoms with Crippen LogP contribution in [0.3, 0.4) is 0 Å². The maximum absolute atomic E-state index is 13.3. The van der Waals surface area contributed by atoms with Crippen LogP contribution in [-0.2, 0) is 16.0 Å². The van der Waals surface area contributed by atoms with Gasteiger partial charge in [-0.1, -0.05) is 24.8 Å². The zero-order chi connectivity index (χ0) is 18.2. The molecule has 0 unspecified atom stereocenters. The van der Waals surface area contributed by atoms with E-state index in [-0.39, 0.29) is 18.6 Å². The molecule has 0 radical (unpaired) electrons. The van der Waals surface area contributed by atoms with Gasteiger partial charge >= 0.3 is 5.97 Å². The molecule has 3 N–H and O–H groups in total. The van der Waals surface area contributed by atoms with Gasteiger partial charge in [0.25, 0.3) is 5.56 Å². The van der Waals surface area contributed by atoms with Crippen molar-refractivity contribution in [2.45, 2.75) is 24.9 Å². The lowest BCUT2D eigenvalue weighted by molar-refractivity contribution is -0.158. The molecule has 0 saturated carbocycles. The molecule has 25 heavy (non-hydrogen) atoms. The standard InChI is InChI=1S/C18H19FN2O4/c1-3-8-25-17(23)15-13(10-4-6-11(19)7-5-10)14-12(9-18(15,2)24)20-21-16(14)22/h3-7,13,15,24H,1,8-9H2,2H3,(H2,20,21,22)/t13-,15-,18+/m1/s1. The van der Waals surface area contributed by atoms with Gasteiger partial charge in [-0.2, -0.15) is 0 Å². The summed E-state index contributed by atoms with van der Waals surface area (Å²) >= 11 is 0. The minimum absolute atomic E-state index is 0.00208. The van der Waals surface area contributed by atoms with Crippen molar-refractivity contribution in [2.75, 3.05) is 6.61 Å². The number of esters is 1. The number of aromatic amines is 2. The summed E-state index contributed by atoms with van der Waals surface area (Å²) in [5.74, 6) is -2.83. The van der Waals surface area contributed by atoms with E-state index in [1.54, 1.807) is 0 Å². The molecule has 3 rings (SSSR count). The Morgan fingerprint density at radius 2 is 2.12 bits per heavy atom. The second-order valence-corrected chi connectivity index (χ2v) is 6.43. The topological polar surface area (TPSA) is 95.2 Å². The number of benzene rings is 1. The van der Waals surface area contributed by atoms with Gasteiger partial charge in [-0.15, -0.1) is 0 Å². The Bertz CT molecular complexity index is 851. The van der Waals surface area contributed by atoms with E-state index in [0.29, 0.717) is 16.8 Å². The summed E-state index contributed by atoms with van der Waals surface area (Å²) < 4.78 is 18.5.